The first-order chi connectivity index (χ1) is 11.4. The molecule has 1 N–H and O–H groups in total. The highest BCUT2D eigenvalue weighted by molar-refractivity contribution is 7.18. The summed E-state index contributed by atoms with van der Waals surface area (Å²) in [6.45, 7) is 6.20. The predicted octanol–water partition coefficient (Wildman–Crippen LogP) is 4.13. The van der Waals surface area contributed by atoms with Crippen LogP contribution in [0.2, 0.25) is 0 Å². The number of fused-ring (bicyclic) bond motifs is 1. The van der Waals surface area contributed by atoms with Crippen LogP contribution in [0.5, 0.6) is 0 Å². The second-order valence-corrected chi connectivity index (χ2v) is 7.50. The molecule has 0 aliphatic rings. The Kier molecular flexibility index (Phi) is 4.53. The second-order valence-electron chi connectivity index (χ2n) is 6.21. The average Bonchev–Trinajstić information content (AvgIpc) is 2.92. The standard InChI is InChI=1S/C19H20N2O2S/c1-12(2)14-5-4-6-15(10-14)20-18(22)11-21-8-7-17-16(19(21)23)9-13(3)24-17/h4-10,12H,11H2,1-3H3,(H,20,22). The minimum atomic E-state index is -0.204. The number of nitrogens with one attached hydrogen (secondary N) is 1. The summed E-state index contributed by atoms with van der Waals surface area (Å²) < 4.78 is 2.41. The number of rotatable bonds is 4. The van der Waals surface area contributed by atoms with E-state index in [0.717, 1.165) is 15.3 Å². The molecule has 0 aliphatic carbocycles. The molecule has 4 nitrogen and oxygen atoms in total. The Balaban J connectivity index is 1.79. The van der Waals surface area contributed by atoms with Gasteiger partial charge in [-0.1, -0.05) is 26.0 Å². The van der Waals surface area contributed by atoms with Crippen LogP contribution in [0.4, 0.5) is 5.69 Å². The van der Waals surface area contributed by atoms with Crippen LogP contribution in [0.15, 0.2) is 47.4 Å². The molecule has 0 fully saturated rings. The van der Waals surface area contributed by atoms with Crippen molar-refractivity contribution in [1.29, 1.82) is 0 Å². The minimum absolute atomic E-state index is 0.00950. The molecule has 0 saturated carbocycles. The van der Waals surface area contributed by atoms with E-state index in [4.69, 9.17) is 0 Å². The Morgan fingerprint density at radius 3 is 2.79 bits per heavy atom. The molecule has 0 spiro atoms. The topological polar surface area (TPSA) is 51.1 Å². The monoisotopic (exact) mass is 340 g/mol. The van der Waals surface area contributed by atoms with Gasteiger partial charge >= 0.3 is 0 Å². The second kappa shape index (κ2) is 6.61. The largest absolute Gasteiger partial charge is 0.325 e. The summed E-state index contributed by atoms with van der Waals surface area (Å²) in [6.07, 6.45) is 1.69. The summed E-state index contributed by atoms with van der Waals surface area (Å²) in [5, 5.41) is 3.55. The van der Waals surface area contributed by atoms with Crippen molar-refractivity contribution in [2.45, 2.75) is 33.2 Å². The van der Waals surface area contributed by atoms with E-state index in [1.807, 2.05) is 43.3 Å². The third-order valence-corrected chi connectivity index (χ3v) is 4.95. The molecule has 1 aromatic carbocycles. The van der Waals surface area contributed by atoms with E-state index in [-0.39, 0.29) is 18.0 Å². The quantitative estimate of drug-likeness (QED) is 0.776. The number of aryl methyl sites for hydroxylation is 1. The van der Waals surface area contributed by atoms with Crippen LogP contribution in [0, 0.1) is 6.92 Å². The highest BCUT2D eigenvalue weighted by atomic mass is 32.1. The number of anilines is 1. The highest BCUT2D eigenvalue weighted by Gasteiger charge is 2.10. The van der Waals surface area contributed by atoms with Gasteiger partial charge in [-0.25, -0.2) is 0 Å². The summed E-state index contributed by atoms with van der Waals surface area (Å²) in [4.78, 5) is 25.8. The van der Waals surface area contributed by atoms with E-state index < -0.39 is 0 Å². The van der Waals surface area contributed by atoms with Crippen LogP contribution in [-0.4, -0.2) is 10.5 Å². The fraction of sp³-hybridized carbons (Fsp3) is 0.263. The van der Waals surface area contributed by atoms with Gasteiger partial charge in [-0.3, -0.25) is 9.59 Å². The van der Waals surface area contributed by atoms with Gasteiger partial charge in [0, 0.05) is 21.5 Å². The SMILES string of the molecule is Cc1cc2c(=O)n(CC(=O)Nc3cccc(C(C)C)c3)ccc2s1. The van der Waals surface area contributed by atoms with E-state index in [2.05, 4.69) is 19.2 Å². The first kappa shape index (κ1) is 16.5. The summed E-state index contributed by atoms with van der Waals surface area (Å²) in [5.41, 5.74) is 1.80. The zero-order chi connectivity index (χ0) is 17.3. The van der Waals surface area contributed by atoms with Crippen molar-refractivity contribution in [3.05, 3.63) is 63.4 Å². The van der Waals surface area contributed by atoms with Gasteiger partial charge in [-0.2, -0.15) is 0 Å². The van der Waals surface area contributed by atoms with Crippen molar-refractivity contribution in [3.63, 3.8) is 0 Å². The third-order valence-electron chi connectivity index (χ3n) is 3.93. The molecule has 0 saturated heterocycles. The maximum atomic E-state index is 12.5. The molecule has 3 rings (SSSR count). The van der Waals surface area contributed by atoms with Gasteiger partial charge in [-0.15, -0.1) is 11.3 Å². The number of carbonyl (C=O) groups excluding carboxylic acids is 1. The minimum Gasteiger partial charge on any atom is -0.325 e. The third kappa shape index (κ3) is 3.41. The van der Waals surface area contributed by atoms with Gasteiger partial charge in [0.2, 0.25) is 5.91 Å². The van der Waals surface area contributed by atoms with Crippen molar-refractivity contribution < 1.29 is 4.79 Å². The lowest BCUT2D eigenvalue weighted by Gasteiger charge is -2.10. The van der Waals surface area contributed by atoms with Crippen LogP contribution in [0.1, 0.15) is 30.2 Å². The Bertz CT molecular complexity index is 953. The Labute approximate surface area is 144 Å². The molecule has 0 atom stereocenters. The molecule has 3 aromatic rings. The lowest BCUT2D eigenvalue weighted by molar-refractivity contribution is -0.116. The number of hydrogen-bond acceptors (Lipinski definition) is 3. The summed E-state index contributed by atoms with van der Waals surface area (Å²) >= 11 is 1.59. The van der Waals surface area contributed by atoms with Crippen LogP contribution in [0.25, 0.3) is 10.1 Å². The normalized spacial score (nSPS) is 11.2. The molecular formula is C19H20N2O2S. The zero-order valence-electron chi connectivity index (χ0n) is 14.0. The van der Waals surface area contributed by atoms with Gasteiger partial charge in [0.15, 0.2) is 0 Å². The lowest BCUT2D eigenvalue weighted by atomic mass is 10.0. The maximum Gasteiger partial charge on any atom is 0.259 e. The number of carbonyl (C=O) groups is 1. The number of pyridine rings is 1. The Morgan fingerprint density at radius 2 is 2.04 bits per heavy atom. The van der Waals surface area contributed by atoms with Crippen LogP contribution < -0.4 is 10.9 Å². The smallest absolute Gasteiger partial charge is 0.259 e. The zero-order valence-corrected chi connectivity index (χ0v) is 14.8. The van der Waals surface area contributed by atoms with Gasteiger partial charge in [0.1, 0.15) is 6.54 Å². The number of hydrogen-bond donors (Lipinski definition) is 1. The van der Waals surface area contributed by atoms with Crippen molar-refractivity contribution in [2.24, 2.45) is 0 Å². The maximum absolute atomic E-state index is 12.5. The van der Waals surface area contributed by atoms with E-state index in [1.54, 1.807) is 17.5 Å². The number of aromatic nitrogens is 1. The molecule has 0 bridgehead atoms. The molecule has 2 heterocycles. The molecule has 0 radical (unpaired) electrons. The summed E-state index contributed by atoms with van der Waals surface area (Å²) in [6, 6.07) is 11.6. The van der Waals surface area contributed by atoms with Gasteiger partial charge in [0.05, 0.1) is 5.39 Å². The van der Waals surface area contributed by atoms with Crippen molar-refractivity contribution >= 4 is 33.0 Å². The molecule has 24 heavy (non-hydrogen) atoms. The van der Waals surface area contributed by atoms with Crippen molar-refractivity contribution in [1.82, 2.24) is 4.57 Å². The molecule has 1 amide bonds. The predicted molar refractivity (Wildman–Crippen MR) is 100.0 cm³/mol. The molecule has 0 unspecified atom stereocenters. The van der Waals surface area contributed by atoms with Crippen LogP contribution in [0.3, 0.4) is 0 Å². The van der Waals surface area contributed by atoms with Gasteiger partial charge in [0.25, 0.3) is 5.56 Å². The van der Waals surface area contributed by atoms with Crippen molar-refractivity contribution in [3.8, 4) is 0 Å². The molecule has 2 aromatic heterocycles. The number of thiophene rings is 1. The van der Waals surface area contributed by atoms with E-state index in [0.29, 0.717) is 11.3 Å². The number of nitrogens with zero attached hydrogens (tertiary/aromatic N) is 1. The molecule has 5 heteroatoms. The number of benzene rings is 1. The van der Waals surface area contributed by atoms with E-state index >= 15 is 0 Å². The van der Waals surface area contributed by atoms with Crippen LogP contribution >= 0.6 is 11.3 Å². The fourth-order valence-electron chi connectivity index (χ4n) is 2.66. The van der Waals surface area contributed by atoms with Gasteiger partial charge in [-0.05, 0) is 42.7 Å². The Hall–Kier alpha value is -2.40. The van der Waals surface area contributed by atoms with Gasteiger partial charge < -0.3 is 9.88 Å². The summed E-state index contributed by atoms with van der Waals surface area (Å²) in [7, 11) is 0. The first-order valence-electron chi connectivity index (χ1n) is 7.93. The van der Waals surface area contributed by atoms with Crippen LogP contribution in [-0.2, 0) is 11.3 Å². The first-order valence-corrected chi connectivity index (χ1v) is 8.75. The summed E-state index contributed by atoms with van der Waals surface area (Å²) in [5.74, 6) is 0.193. The van der Waals surface area contributed by atoms with E-state index in [1.165, 1.54) is 10.1 Å². The molecular weight excluding hydrogens is 320 g/mol. The fourth-order valence-corrected chi connectivity index (χ4v) is 3.57. The van der Waals surface area contributed by atoms with E-state index in [9.17, 15) is 9.59 Å². The van der Waals surface area contributed by atoms with Crippen molar-refractivity contribution in [2.75, 3.05) is 5.32 Å². The Morgan fingerprint density at radius 1 is 1.25 bits per heavy atom. The number of amides is 1. The molecule has 124 valence electrons. The molecule has 0 aliphatic heterocycles. The highest BCUT2D eigenvalue weighted by Crippen LogP contribution is 2.22. The average molecular weight is 340 g/mol. The lowest BCUT2D eigenvalue weighted by Crippen LogP contribution is -2.27.